The average Bonchev–Trinajstić information content (AvgIpc) is 2.36. The first-order valence-electron chi connectivity index (χ1n) is 7.02. The molecular weight excluding hydrogens is 268 g/mol. The molecule has 1 rings (SSSR count). The molecule has 0 aliphatic rings. The lowest BCUT2D eigenvalue weighted by atomic mass is 9.85. The molecule has 0 spiro atoms. The second-order valence-electron chi connectivity index (χ2n) is 6.44. The minimum absolute atomic E-state index is 0.0185. The Morgan fingerprint density at radius 3 is 2.29 bits per heavy atom. The molecule has 0 saturated heterocycles. The van der Waals surface area contributed by atoms with Gasteiger partial charge in [0, 0.05) is 0 Å². The number of hydrogen-bond donors (Lipinski definition) is 3. The van der Waals surface area contributed by atoms with Crippen molar-refractivity contribution < 1.29 is 14.7 Å². The summed E-state index contributed by atoms with van der Waals surface area (Å²) in [6.07, 6.45) is 0.366. The van der Waals surface area contributed by atoms with Crippen LogP contribution < -0.4 is 11.1 Å². The molecule has 2 atom stereocenters. The number of rotatable bonds is 6. The highest BCUT2D eigenvalue weighted by atomic mass is 16.4. The molecule has 0 radical (unpaired) electrons. The number of nitrogens with one attached hydrogen (secondary N) is 1. The van der Waals surface area contributed by atoms with Gasteiger partial charge in [0.1, 0.15) is 0 Å². The van der Waals surface area contributed by atoms with Crippen LogP contribution in [-0.2, 0) is 9.59 Å². The zero-order valence-electron chi connectivity index (χ0n) is 12.8. The van der Waals surface area contributed by atoms with E-state index in [4.69, 9.17) is 10.8 Å². The van der Waals surface area contributed by atoms with Crippen LogP contribution in [0.25, 0.3) is 0 Å². The van der Waals surface area contributed by atoms with Gasteiger partial charge in [0.15, 0.2) is 0 Å². The highest BCUT2D eigenvalue weighted by Gasteiger charge is 2.25. The fourth-order valence-electron chi connectivity index (χ4n) is 2.11. The van der Waals surface area contributed by atoms with Gasteiger partial charge in [-0.2, -0.15) is 0 Å². The summed E-state index contributed by atoms with van der Waals surface area (Å²) in [6.45, 7) is 6.27. The first kappa shape index (κ1) is 17.2. The van der Waals surface area contributed by atoms with Crippen LogP contribution >= 0.6 is 0 Å². The van der Waals surface area contributed by atoms with Crippen LogP contribution in [0.3, 0.4) is 0 Å². The highest BCUT2D eigenvalue weighted by molar-refractivity contribution is 5.86. The second kappa shape index (κ2) is 7.22. The van der Waals surface area contributed by atoms with Crippen LogP contribution in [0.15, 0.2) is 30.3 Å². The maximum absolute atomic E-state index is 12.0. The van der Waals surface area contributed by atoms with Crippen LogP contribution in [0, 0.1) is 5.41 Å². The lowest BCUT2D eigenvalue weighted by Gasteiger charge is -2.28. The molecule has 0 aliphatic heterocycles. The summed E-state index contributed by atoms with van der Waals surface area (Å²) in [4.78, 5) is 22.7. The third-order valence-electron chi connectivity index (χ3n) is 3.07. The number of carbonyl (C=O) groups excluding carboxylic acids is 1. The van der Waals surface area contributed by atoms with Crippen LogP contribution in [0.2, 0.25) is 0 Å². The summed E-state index contributed by atoms with van der Waals surface area (Å²) in [5.74, 6) is -1.51. The smallest absolute Gasteiger partial charge is 0.305 e. The monoisotopic (exact) mass is 292 g/mol. The first-order valence-corrected chi connectivity index (χ1v) is 7.02. The fraction of sp³-hybridized carbons (Fsp3) is 0.500. The van der Waals surface area contributed by atoms with Crippen LogP contribution in [0.5, 0.6) is 0 Å². The molecule has 0 aliphatic carbocycles. The van der Waals surface area contributed by atoms with E-state index in [0.717, 1.165) is 12.0 Å². The standard InChI is InChI=1S/C16H24N2O3/c1-16(2,3)10-13(11-7-5-4-6-8-11)18-15(21)12(17)9-14(19)20/h4-8,12-13H,9-10,17H2,1-3H3,(H,18,21)(H,19,20). The summed E-state index contributed by atoms with van der Waals surface area (Å²) < 4.78 is 0. The van der Waals surface area contributed by atoms with Gasteiger partial charge in [-0.15, -0.1) is 0 Å². The molecule has 0 fully saturated rings. The van der Waals surface area contributed by atoms with E-state index < -0.39 is 17.9 Å². The van der Waals surface area contributed by atoms with Gasteiger partial charge in [0.05, 0.1) is 18.5 Å². The summed E-state index contributed by atoms with van der Waals surface area (Å²) in [5, 5.41) is 11.6. The van der Waals surface area contributed by atoms with Gasteiger partial charge in [0.25, 0.3) is 0 Å². The van der Waals surface area contributed by atoms with Gasteiger partial charge in [-0.05, 0) is 17.4 Å². The molecule has 116 valence electrons. The van der Waals surface area contributed by atoms with Gasteiger partial charge in [-0.1, -0.05) is 51.1 Å². The van der Waals surface area contributed by atoms with Crippen LogP contribution in [0.4, 0.5) is 0 Å². The van der Waals surface area contributed by atoms with Crippen molar-refractivity contribution in [2.45, 2.75) is 45.7 Å². The minimum atomic E-state index is -1.08. The lowest BCUT2D eigenvalue weighted by molar-refractivity contribution is -0.139. The Morgan fingerprint density at radius 2 is 1.81 bits per heavy atom. The highest BCUT2D eigenvalue weighted by Crippen LogP contribution is 2.29. The molecule has 0 aromatic heterocycles. The van der Waals surface area contributed by atoms with Crippen molar-refractivity contribution in [1.29, 1.82) is 0 Å². The molecule has 5 nitrogen and oxygen atoms in total. The van der Waals surface area contributed by atoms with Gasteiger partial charge in [-0.25, -0.2) is 0 Å². The molecule has 0 saturated carbocycles. The van der Waals surface area contributed by atoms with Crippen molar-refractivity contribution in [2.75, 3.05) is 0 Å². The molecular formula is C16H24N2O3. The van der Waals surface area contributed by atoms with Gasteiger partial charge in [-0.3, -0.25) is 9.59 Å². The molecule has 5 heteroatoms. The van der Waals surface area contributed by atoms with Gasteiger partial charge < -0.3 is 16.2 Å². The van der Waals surface area contributed by atoms with E-state index in [0.29, 0.717) is 0 Å². The van der Waals surface area contributed by atoms with Gasteiger partial charge in [0.2, 0.25) is 5.91 Å². The number of carboxylic acid groups (broad SMARTS) is 1. The van der Waals surface area contributed by atoms with Crippen molar-refractivity contribution in [3.8, 4) is 0 Å². The fourth-order valence-corrected chi connectivity index (χ4v) is 2.11. The third kappa shape index (κ3) is 6.40. The Balaban J connectivity index is 2.83. The average molecular weight is 292 g/mol. The van der Waals surface area contributed by atoms with E-state index in [2.05, 4.69) is 26.1 Å². The van der Waals surface area contributed by atoms with E-state index in [-0.39, 0.29) is 17.9 Å². The SMILES string of the molecule is CC(C)(C)CC(NC(=O)C(N)CC(=O)O)c1ccccc1. The third-order valence-corrected chi connectivity index (χ3v) is 3.07. The molecule has 4 N–H and O–H groups in total. The number of carbonyl (C=O) groups is 2. The van der Waals surface area contributed by atoms with E-state index >= 15 is 0 Å². The molecule has 1 aromatic rings. The number of aliphatic carboxylic acids is 1. The number of amides is 1. The number of benzene rings is 1. The summed E-state index contributed by atoms with van der Waals surface area (Å²) in [7, 11) is 0. The lowest BCUT2D eigenvalue weighted by Crippen LogP contribution is -2.44. The van der Waals surface area contributed by atoms with E-state index in [1.165, 1.54) is 0 Å². The molecule has 2 unspecified atom stereocenters. The predicted molar refractivity (Wildman–Crippen MR) is 81.6 cm³/mol. The Hall–Kier alpha value is -1.88. The zero-order valence-corrected chi connectivity index (χ0v) is 12.8. The van der Waals surface area contributed by atoms with Crippen molar-refractivity contribution in [2.24, 2.45) is 11.1 Å². The zero-order chi connectivity index (χ0) is 16.0. The Bertz CT molecular complexity index is 480. The largest absolute Gasteiger partial charge is 0.481 e. The van der Waals surface area contributed by atoms with E-state index in [1.54, 1.807) is 0 Å². The Morgan fingerprint density at radius 1 is 1.24 bits per heavy atom. The predicted octanol–water partition coefficient (Wildman–Crippen LogP) is 2.08. The molecule has 0 heterocycles. The van der Waals surface area contributed by atoms with E-state index in [9.17, 15) is 9.59 Å². The van der Waals surface area contributed by atoms with Crippen molar-refractivity contribution in [3.05, 3.63) is 35.9 Å². The number of nitrogens with two attached hydrogens (primary N) is 1. The summed E-state index contributed by atoms with van der Waals surface area (Å²) >= 11 is 0. The minimum Gasteiger partial charge on any atom is -0.481 e. The van der Waals surface area contributed by atoms with E-state index in [1.807, 2.05) is 30.3 Å². The van der Waals surface area contributed by atoms with Crippen molar-refractivity contribution in [3.63, 3.8) is 0 Å². The molecule has 1 aromatic carbocycles. The number of carboxylic acids is 1. The molecule has 0 bridgehead atoms. The normalized spacial score (nSPS) is 14.3. The Kier molecular flexibility index (Phi) is 5.90. The van der Waals surface area contributed by atoms with Crippen LogP contribution in [0.1, 0.15) is 45.2 Å². The molecule has 21 heavy (non-hydrogen) atoms. The number of hydrogen-bond acceptors (Lipinski definition) is 3. The summed E-state index contributed by atoms with van der Waals surface area (Å²) in [5.41, 5.74) is 6.62. The van der Waals surface area contributed by atoms with Crippen molar-refractivity contribution in [1.82, 2.24) is 5.32 Å². The maximum atomic E-state index is 12.0. The maximum Gasteiger partial charge on any atom is 0.305 e. The van der Waals surface area contributed by atoms with Gasteiger partial charge >= 0.3 is 5.97 Å². The summed E-state index contributed by atoms with van der Waals surface area (Å²) in [6, 6.07) is 8.41. The topological polar surface area (TPSA) is 92.4 Å². The molecule has 1 amide bonds. The van der Waals surface area contributed by atoms with Crippen LogP contribution in [-0.4, -0.2) is 23.0 Å². The Labute approximate surface area is 125 Å². The second-order valence-corrected chi connectivity index (χ2v) is 6.44. The first-order chi connectivity index (χ1) is 9.69. The van der Waals surface area contributed by atoms with Crippen molar-refractivity contribution >= 4 is 11.9 Å². The quantitative estimate of drug-likeness (QED) is 0.748.